The van der Waals surface area contributed by atoms with Crippen LogP contribution in [0.3, 0.4) is 0 Å². The Morgan fingerprint density at radius 2 is 2.00 bits per heavy atom. The van der Waals surface area contributed by atoms with Crippen LogP contribution in [0.4, 0.5) is 11.6 Å². The van der Waals surface area contributed by atoms with E-state index in [1.54, 1.807) is 11.3 Å². The lowest BCUT2D eigenvalue weighted by Crippen LogP contribution is -2.15. The number of nitrogens with one attached hydrogen (secondary N) is 2. The third-order valence-corrected chi connectivity index (χ3v) is 4.37. The van der Waals surface area contributed by atoms with Gasteiger partial charge in [-0.25, -0.2) is 15.8 Å². The fourth-order valence-corrected chi connectivity index (χ4v) is 3.21. The van der Waals surface area contributed by atoms with Crippen molar-refractivity contribution in [3.8, 4) is 0 Å². The van der Waals surface area contributed by atoms with Crippen molar-refractivity contribution in [2.24, 2.45) is 5.84 Å². The number of aryl methyl sites for hydroxylation is 1. The molecule has 2 rings (SSSR count). The molecule has 0 saturated heterocycles. The van der Waals surface area contributed by atoms with Gasteiger partial charge in [-0.15, -0.1) is 11.3 Å². The molecule has 19 heavy (non-hydrogen) atoms. The second-order valence-corrected chi connectivity index (χ2v) is 6.67. The predicted octanol–water partition coefficient (Wildman–Crippen LogP) is 2.86. The number of aromatic nitrogens is 2. The van der Waals surface area contributed by atoms with Crippen LogP contribution in [0.1, 0.15) is 16.3 Å². The number of hydrogen-bond donors (Lipinski definition) is 3. The van der Waals surface area contributed by atoms with Gasteiger partial charge in [0.2, 0.25) is 0 Å². The van der Waals surface area contributed by atoms with Gasteiger partial charge >= 0.3 is 0 Å². The second kappa shape index (κ2) is 6.31. The number of halogens is 1. The lowest BCUT2D eigenvalue weighted by molar-refractivity contribution is 0.977. The smallest absolute Gasteiger partial charge is 0.148 e. The Kier molecular flexibility index (Phi) is 4.73. The first kappa shape index (κ1) is 14.2. The summed E-state index contributed by atoms with van der Waals surface area (Å²) in [6, 6.07) is 4.19. The molecular formula is C12H16BrN5S. The van der Waals surface area contributed by atoms with Crippen LogP contribution in [0, 0.1) is 13.8 Å². The third-order valence-electron chi connectivity index (χ3n) is 2.69. The SMILES string of the molecule is Cc1nc(NN)c(C)c(NCCc2ccc(Br)s2)n1. The molecule has 0 aliphatic rings. The molecule has 7 heteroatoms. The molecule has 0 aliphatic heterocycles. The maximum absolute atomic E-state index is 5.44. The number of anilines is 2. The fourth-order valence-electron chi connectivity index (χ4n) is 1.73. The molecule has 0 aliphatic carbocycles. The fraction of sp³-hybridized carbons (Fsp3) is 0.333. The molecule has 0 atom stereocenters. The van der Waals surface area contributed by atoms with Gasteiger partial charge in [-0.2, -0.15) is 0 Å². The number of rotatable bonds is 5. The van der Waals surface area contributed by atoms with Crippen molar-refractivity contribution in [2.75, 3.05) is 17.3 Å². The molecule has 0 spiro atoms. The van der Waals surface area contributed by atoms with Crippen LogP contribution < -0.4 is 16.6 Å². The Labute approximate surface area is 124 Å². The first-order chi connectivity index (χ1) is 9.10. The molecule has 102 valence electrons. The Bertz CT molecular complexity index is 569. The van der Waals surface area contributed by atoms with Gasteiger partial charge in [0.05, 0.1) is 3.79 Å². The molecule has 5 nitrogen and oxygen atoms in total. The number of hydrogen-bond acceptors (Lipinski definition) is 6. The molecular weight excluding hydrogens is 326 g/mol. The topological polar surface area (TPSA) is 75.9 Å². The average molecular weight is 342 g/mol. The Balaban J connectivity index is 2.01. The van der Waals surface area contributed by atoms with Gasteiger partial charge in [0.25, 0.3) is 0 Å². The van der Waals surface area contributed by atoms with E-state index in [-0.39, 0.29) is 0 Å². The summed E-state index contributed by atoms with van der Waals surface area (Å²) >= 11 is 5.21. The Morgan fingerprint density at radius 1 is 1.26 bits per heavy atom. The van der Waals surface area contributed by atoms with Gasteiger partial charge < -0.3 is 10.7 Å². The van der Waals surface area contributed by atoms with Crippen LogP contribution in [-0.2, 0) is 6.42 Å². The molecule has 0 aromatic carbocycles. The van der Waals surface area contributed by atoms with Crippen molar-refractivity contribution in [1.29, 1.82) is 0 Å². The van der Waals surface area contributed by atoms with E-state index in [0.29, 0.717) is 11.6 Å². The van der Waals surface area contributed by atoms with E-state index in [1.165, 1.54) is 4.88 Å². The number of hydrazine groups is 1. The predicted molar refractivity (Wildman–Crippen MR) is 83.5 cm³/mol. The zero-order valence-corrected chi connectivity index (χ0v) is 13.2. The summed E-state index contributed by atoms with van der Waals surface area (Å²) in [5, 5.41) is 3.33. The Morgan fingerprint density at radius 3 is 2.63 bits per heavy atom. The van der Waals surface area contributed by atoms with E-state index in [2.05, 4.69) is 48.8 Å². The van der Waals surface area contributed by atoms with E-state index < -0.39 is 0 Å². The minimum Gasteiger partial charge on any atom is -0.369 e. The van der Waals surface area contributed by atoms with Gasteiger partial charge in [0.15, 0.2) is 0 Å². The minimum absolute atomic E-state index is 0.661. The average Bonchev–Trinajstić information content (AvgIpc) is 2.79. The summed E-state index contributed by atoms with van der Waals surface area (Å²) in [7, 11) is 0. The van der Waals surface area contributed by atoms with Crippen LogP contribution in [0.5, 0.6) is 0 Å². The first-order valence-electron chi connectivity index (χ1n) is 5.90. The highest BCUT2D eigenvalue weighted by Gasteiger charge is 2.07. The minimum atomic E-state index is 0.661. The summed E-state index contributed by atoms with van der Waals surface area (Å²) < 4.78 is 1.16. The lowest BCUT2D eigenvalue weighted by atomic mass is 10.3. The van der Waals surface area contributed by atoms with Crippen molar-refractivity contribution in [3.05, 3.63) is 32.2 Å². The summed E-state index contributed by atoms with van der Waals surface area (Å²) in [5.41, 5.74) is 3.52. The highest BCUT2D eigenvalue weighted by atomic mass is 79.9. The van der Waals surface area contributed by atoms with E-state index in [4.69, 9.17) is 5.84 Å². The molecule has 4 N–H and O–H groups in total. The third kappa shape index (κ3) is 3.65. The van der Waals surface area contributed by atoms with Crippen molar-refractivity contribution in [2.45, 2.75) is 20.3 Å². The highest BCUT2D eigenvalue weighted by molar-refractivity contribution is 9.11. The maximum atomic E-state index is 5.44. The van der Waals surface area contributed by atoms with E-state index in [0.717, 1.165) is 28.1 Å². The van der Waals surface area contributed by atoms with Crippen LogP contribution in [0.25, 0.3) is 0 Å². The maximum Gasteiger partial charge on any atom is 0.148 e. The molecule has 2 aromatic rings. The molecule has 0 amide bonds. The molecule has 0 radical (unpaired) electrons. The molecule has 0 saturated carbocycles. The van der Waals surface area contributed by atoms with Crippen LogP contribution >= 0.6 is 27.3 Å². The highest BCUT2D eigenvalue weighted by Crippen LogP contribution is 2.23. The zero-order valence-electron chi connectivity index (χ0n) is 10.8. The number of nitrogen functional groups attached to an aromatic ring is 1. The normalized spacial score (nSPS) is 10.5. The van der Waals surface area contributed by atoms with Gasteiger partial charge in [-0.3, -0.25) is 0 Å². The second-order valence-electron chi connectivity index (χ2n) is 4.12. The van der Waals surface area contributed by atoms with E-state index in [9.17, 15) is 0 Å². The van der Waals surface area contributed by atoms with Gasteiger partial charge in [0, 0.05) is 17.0 Å². The standard InChI is InChI=1S/C12H16BrN5S/c1-7-11(16-8(2)17-12(7)18-14)15-6-5-9-3-4-10(13)19-9/h3-4H,5-6,14H2,1-2H3,(H2,15,16,17,18). The summed E-state index contributed by atoms with van der Waals surface area (Å²) in [5.74, 6) is 7.62. The molecule has 0 bridgehead atoms. The Hall–Kier alpha value is -1.18. The largest absolute Gasteiger partial charge is 0.369 e. The summed E-state index contributed by atoms with van der Waals surface area (Å²) in [4.78, 5) is 9.96. The summed E-state index contributed by atoms with van der Waals surface area (Å²) in [6.07, 6.45) is 0.962. The monoisotopic (exact) mass is 341 g/mol. The number of thiophene rings is 1. The van der Waals surface area contributed by atoms with Crippen LogP contribution in [-0.4, -0.2) is 16.5 Å². The van der Waals surface area contributed by atoms with Gasteiger partial charge in [-0.05, 0) is 48.3 Å². The molecule has 0 unspecified atom stereocenters. The van der Waals surface area contributed by atoms with Crippen LogP contribution in [0.2, 0.25) is 0 Å². The van der Waals surface area contributed by atoms with Gasteiger partial charge in [-0.1, -0.05) is 0 Å². The molecule has 2 heterocycles. The van der Waals surface area contributed by atoms with Crippen LogP contribution in [0.15, 0.2) is 15.9 Å². The van der Waals surface area contributed by atoms with Gasteiger partial charge in [0.1, 0.15) is 17.5 Å². The lowest BCUT2D eigenvalue weighted by Gasteiger charge is -2.12. The van der Waals surface area contributed by atoms with Crippen molar-refractivity contribution in [3.63, 3.8) is 0 Å². The van der Waals surface area contributed by atoms with Crippen molar-refractivity contribution >= 4 is 38.9 Å². The summed E-state index contributed by atoms with van der Waals surface area (Å²) in [6.45, 7) is 4.62. The van der Waals surface area contributed by atoms with E-state index >= 15 is 0 Å². The van der Waals surface area contributed by atoms with Crippen molar-refractivity contribution in [1.82, 2.24) is 9.97 Å². The quantitative estimate of drug-likeness (QED) is 0.575. The number of nitrogens with zero attached hydrogens (tertiary/aromatic N) is 2. The zero-order chi connectivity index (χ0) is 13.8. The number of nitrogens with two attached hydrogens (primary N) is 1. The molecule has 2 aromatic heterocycles. The first-order valence-corrected chi connectivity index (χ1v) is 7.51. The van der Waals surface area contributed by atoms with Crippen molar-refractivity contribution < 1.29 is 0 Å². The van der Waals surface area contributed by atoms with E-state index in [1.807, 2.05) is 13.8 Å². The molecule has 0 fully saturated rings.